The molecule has 0 aromatic heterocycles. The van der Waals surface area contributed by atoms with Crippen molar-refractivity contribution in [2.45, 2.75) is 32.1 Å². The molecule has 3 nitrogen and oxygen atoms in total. The van der Waals surface area contributed by atoms with Crippen LogP contribution in [0.2, 0.25) is 5.02 Å². The van der Waals surface area contributed by atoms with Crippen LogP contribution in [0, 0.1) is 17.8 Å². The molecule has 0 saturated heterocycles. The van der Waals surface area contributed by atoms with Crippen LogP contribution in [0.1, 0.15) is 37.7 Å². The van der Waals surface area contributed by atoms with Crippen molar-refractivity contribution in [3.8, 4) is 11.8 Å². The number of halogens is 1. The Balaban J connectivity index is 2.06. The highest BCUT2D eigenvalue weighted by molar-refractivity contribution is 6.31. The average molecular weight is 292 g/mol. The zero-order chi connectivity index (χ0) is 14.4. The third-order valence-electron chi connectivity index (χ3n) is 3.41. The number of rotatable bonds is 4. The third-order valence-corrected chi connectivity index (χ3v) is 3.65. The lowest BCUT2D eigenvalue weighted by Gasteiger charge is -2.24. The average Bonchev–Trinajstić information content (AvgIpc) is 2.37. The first-order chi connectivity index (χ1) is 9.69. The predicted octanol–water partition coefficient (Wildman–Crippen LogP) is 3.20. The van der Waals surface area contributed by atoms with Gasteiger partial charge in [0.25, 0.3) is 0 Å². The van der Waals surface area contributed by atoms with Gasteiger partial charge in [-0.1, -0.05) is 29.9 Å². The van der Waals surface area contributed by atoms with Gasteiger partial charge in [-0.15, -0.1) is 0 Å². The molecule has 0 heterocycles. The van der Waals surface area contributed by atoms with Crippen LogP contribution in [-0.4, -0.2) is 17.6 Å². The molecule has 0 unspecified atom stereocenters. The van der Waals surface area contributed by atoms with Gasteiger partial charge in [0.15, 0.2) is 0 Å². The number of carbonyl (C=O) groups excluding carboxylic acids is 1. The van der Waals surface area contributed by atoms with E-state index in [4.69, 9.17) is 16.7 Å². The van der Waals surface area contributed by atoms with Gasteiger partial charge in [-0.3, -0.25) is 4.79 Å². The van der Waals surface area contributed by atoms with E-state index in [-0.39, 0.29) is 12.5 Å². The van der Waals surface area contributed by atoms with Gasteiger partial charge in [-0.05, 0) is 37.0 Å². The Morgan fingerprint density at radius 2 is 2.25 bits per heavy atom. The van der Waals surface area contributed by atoms with Crippen LogP contribution < -0.4 is 5.32 Å². The zero-order valence-electron chi connectivity index (χ0n) is 11.3. The summed E-state index contributed by atoms with van der Waals surface area (Å²) in [6.45, 7) is 0.0317. The maximum Gasteiger partial charge on any atom is 0.224 e. The Morgan fingerprint density at radius 1 is 1.45 bits per heavy atom. The molecule has 1 aliphatic carbocycles. The van der Waals surface area contributed by atoms with Gasteiger partial charge >= 0.3 is 0 Å². The summed E-state index contributed by atoms with van der Waals surface area (Å²) < 4.78 is 0. The molecule has 0 radical (unpaired) electrons. The van der Waals surface area contributed by atoms with Gasteiger partial charge < -0.3 is 10.4 Å². The molecule has 0 bridgehead atoms. The SMILES string of the molecule is O=C(CC1CCC1)Nc1cc(Cl)ccc1C#CCCO. The minimum Gasteiger partial charge on any atom is -0.395 e. The molecule has 0 atom stereocenters. The van der Waals surface area contributed by atoms with Crippen LogP contribution in [0.15, 0.2) is 18.2 Å². The molecule has 1 amide bonds. The number of aliphatic hydroxyl groups excluding tert-OH is 1. The van der Waals surface area contributed by atoms with Crippen molar-refractivity contribution < 1.29 is 9.90 Å². The quantitative estimate of drug-likeness (QED) is 0.837. The summed E-state index contributed by atoms with van der Waals surface area (Å²) in [7, 11) is 0. The number of hydrogen-bond acceptors (Lipinski definition) is 2. The Bertz CT molecular complexity index is 541. The first kappa shape index (κ1) is 14.9. The molecule has 4 heteroatoms. The van der Waals surface area contributed by atoms with Crippen molar-refractivity contribution >= 4 is 23.2 Å². The van der Waals surface area contributed by atoms with Crippen LogP contribution >= 0.6 is 11.6 Å². The smallest absolute Gasteiger partial charge is 0.224 e. The van der Waals surface area contributed by atoms with E-state index in [1.165, 1.54) is 6.42 Å². The molecule has 1 saturated carbocycles. The highest BCUT2D eigenvalue weighted by Crippen LogP contribution is 2.30. The van der Waals surface area contributed by atoms with Gasteiger partial charge in [-0.2, -0.15) is 0 Å². The maximum atomic E-state index is 12.0. The summed E-state index contributed by atoms with van der Waals surface area (Å²) >= 11 is 5.97. The summed E-state index contributed by atoms with van der Waals surface area (Å²) in [6, 6.07) is 5.24. The second-order valence-electron chi connectivity index (χ2n) is 5.01. The van der Waals surface area contributed by atoms with Crippen LogP contribution in [0.3, 0.4) is 0 Å². The lowest BCUT2D eigenvalue weighted by molar-refractivity contribution is -0.117. The van der Waals surface area contributed by atoms with E-state index in [9.17, 15) is 4.79 Å². The third kappa shape index (κ3) is 4.26. The Hall–Kier alpha value is -1.50. The second kappa shape index (κ2) is 7.33. The van der Waals surface area contributed by atoms with E-state index in [1.807, 2.05) is 0 Å². The molecule has 20 heavy (non-hydrogen) atoms. The van der Waals surface area contributed by atoms with Crippen LogP contribution in [-0.2, 0) is 4.79 Å². The zero-order valence-corrected chi connectivity index (χ0v) is 12.0. The fourth-order valence-electron chi connectivity index (χ4n) is 2.10. The minimum absolute atomic E-state index is 0.0159. The van der Waals surface area contributed by atoms with Gasteiger partial charge in [-0.25, -0.2) is 0 Å². The molecule has 1 aliphatic rings. The molecule has 2 rings (SSSR count). The van der Waals surface area contributed by atoms with Crippen LogP contribution in [0.4, 0.5) is 5.69 Å². The number of nitrogens with one attached hydrogen (secondary N) is 1. The van der Waals surface area contributed by atoms with Crippen molar-refractivity contribution in [2.24, 2.45) is 5.92 Å². The molecule has 1 fully saturated rings. The van der Waals surface area contributed by atoms with E-state index in [2.05, 4.69) is 17.2 Å². The molecule has 1 aromatic carbocycles. The van der Waals surface area contributed by atoms with Gasteiger partial charge in [0.2, 0.25) is 5.91 Å². The van der Waals surface area contributed by atoms with E-state index >= 15 is 0 Å². The van der Waals surface area contributed by atoms with Gasteiger partial charge in [0, 0.05) is 23.4 Å². The Morgan fingerprint density at radius 3 is 2.90 bits per heavy atom. The minimum atomic E-state index is 0.0159. The van der Waals surface area contributed by atoms with E-state index in [0.717, 1.165) is 18.4 Å². The van der Waals surface area contributed by atoms with Crippen molar-refractivity contribution in [1.29, 1.82) is 0 Å². The number of hydrogen-bond donors (Lipinski definition) is 2. The van der Waals surface area contributed by atoms with Gasteiger partial charge in [0.05, 0.1) is 12.3 Å². The largest absolute Gasteiger partial charge is 0.395 e. The molecule has 1 aromatic rings. The lowest BCUT2D eigenvalue weighted by atomic mass is 9.83. The Kier molecular flexibility index (Phi) is 5.46. The van der Waals surface area contributed by atoms with E-state index in [0.29, 0.717) is 29.5 Å². The topological polar surface area (TPSA) is 49.3 Å². The summed E-state index contributed by atoms with van der Waals surface area (Å²) in [5.74, 6) is 6.34. The fraction of sp³-hybridized carbons (Fsp3) is 0.438. The number of amides is 1. The number of benzene rings is 1. The normalized spacial score (nSPS) is 14.1. The molecule has 0 aliphatic heterocycles. The first-order valence-electron chi connectivity index (χ1n) is 6.88. The van der Waals surface area contributed by atoms with Crippen molar-refractivity contribution in [3.05, 3.63) is 28.8 Å². The van der Waals surface area contributed by atoms with Crippen LogP contribution in [0.5, 0.6) is 0 Å². The first-order valence-corrected chi connectivity index (χ1v) is 7.26. The summed E-state index contributed by atoms with van der Waals surface area (Å²) in [4.78, 5) is 12.0. The Labute approximate surface area is 124 Å². The molecule has 106 valence electrons. The highest BCUT2D eigenvalue weighted by Gasteiger charge is 2.20. The molecular formula is C16H18ClNO2. The number of carbonyl (C=O) groups is 1. The van der Waals surface area contributed by atoms with E-state index in [1.54, 1.807) is 18.2 Å². The standard InChI is InChI=1S/C16H18ClNO2/c17-14-8-7-13(6-1-2-9-19)15(11-14)18-16(20)10-12-4-3-5-12/h7-8,11-12,19H,2-5,9-10H2,(H,18,20). The number of aliphatic hydroxyl groups is 1. The highest BCUT2D eigenvalue weighted by atomic mass is 35.5. The predicted molar refractivity (Wildman–Crippen MR) is 80.6 cm³/mol. The second-order valence-corrected chi connectivity index (χ2v) is 5.45. The number of anilines is 1. The molecular weight excluding hydrogens is 274 g/mol. The molecule has 2 N–H and O–H groups in total. The lowest BCUT2D eigenvalue weighted by Crippen LogP contribution is -2.21. The van der Waals surface area contributed by atoms with Crippen LogP contribution in [0.25, 0.3) is 0 Å². The van der Waals surface area contributed by atoms with E-state index < -0.39 is 0 Å². The van der Waals surface area contributed by atoms with Crippen molar-refractivity contribution in [1.82, 2.24) is 0 Å². The maximum absolute atomic E-state index is 12.0. The monoisotopic (exact) mass is 291 g/mol. The summed E-state index contributed by atoms with van der Waals surface area (Å²) in [6.07, 6.45) is 4.50. The van der Waals surface area contributed by atoms with Crippen molar-refractivity contribution in [3.63, 3.8) is 0 Å². The molecule has 0 spiro atoms. The van der Waals surface area contributed by atoms with Gasteiger partial charge in [0.1, 0.15) is 0 Å². The van der Waals surface area contributed by atoms with Crippen molar-refractivity contribution in [2.75, 3.05) is 11.9 Å². The fourth-order valence-corrected chi connectivity index (χ4v) is 2.27. The summed E-state index contributed by atoms with van der Waals surface area (Å²) in [5, 5.41) is 12.2. The summed E-state index contributed by atoms with van der Waals surface area (Å²) in [5.41, 5.74) is 1.37.